The Labute approximate surface area is 77.6 Å². The first-order chi connectivity index (χ1) is 5.65. The highest BCUT2D eigenvalue weighted by Gasteiger charge is 2.31. The van der Waals surface area contributed by atoms with Gasteiger partial charge in [0, 0.05) is 11.9 Å². The van der Waals surface area contributed by atoms with E-state index in [9.17, 15) is 4.79 Å². The zero-order valence-corrected chi connectivity index (χ0v) is 8.17. The van der Waals surface area contributed by atoms with Gasteiger partial charge in [-0.25, -0.2) is 4.79 Å². The third kappa shape index (κ3) is 2.03. The minimum absolute atomic E-state index is 0.00241. The molecule has 1 rings (SSSR count). The highest BCUT2D eigenvalue weighted by Crippen LogP contribution is 2.16. The van der Waals surface area contributed by atoms with Crippen molar-refractivity contribution in [2.45, 2.75) is 32.4 Å². The van der Waals surface area contributed by atoms with Crippen LogP contribution in [0.3, 0.4) is 0 Å². The molecule has 1 atom stereocenters. The van der Waals surface area contributed by atoms with Crippen LogP contribution >= 0.6 is 11.6 Å². The third-order valence-electron chi connectivity index (χ3n) is 1.96. The van der Waals surface area contributed by atoms with Crippen molar-refractivity contribution >= 4 is 17.7 Å². The number of cyclic esters (lactones) is 1. The van der Waals surface area contributed by atoms with Crippen LogP contribution in [0, 0.1) is 0 Å². The first-order valence-electron chi connectivity index (χ1n) is 4.18. The molecule has 12 heavy (non-hydrogen) atoms. The van der Waals surface area contributed by atoms with Crippen LogP contribution in [-0.4, -0.2) is 35.6 Å². The number of rotatable bonds is 3. The summed E-state index contributed by atoms with van der Waals surface area (Å²) in [6.45, 7) is 4.64. The highest BCUT2D eigenvalue weighted by molar-refractivity contribution is 6.17. The van der Waals surface area contributed by atoms with Crippen LogP contribution in [0.4, 0.5) is 4.79 Å². The lowest BCUT2D eigenvalue weighted by atomic mass is 10.2. The van der Waals surface area contributed by atoms with Crippen molar-refractivity contribution in [2.75, 3.05) is 12.4 Å². The summed E-state index contributed by atoms with van der Waals surface area (Å²) >= 11 is 5.55. The Kier molecular flexibility index (Phi) is 3.20. The van der Waals surface area contributed by atoms with E-state index in [-0.39, 0.29) is 18.2 Å². The van der Waals surface area contributed by atoms with E-state index in [0.29, 0.717) is 12.4 Å². The Morgan fingerprint density at radius 2 is 2.42 bits per heavy atom. The molecule has 1 fully saturated rings. The van der Waals surface area contributed by atoms with Crippen LogP contribution < -0.4 is 0 Å². The highest BCUT2D eigenvalue weighted by atomic mass is 35.5. The molecule has 0 aromatic heterocycles. The molecule has 0 aromatic carbocycles. The van der Waals surface area contributed by atoms with Gasteiger partial charge in [0.1, 0.15) is 6.10 Å². The topological polar surface area (TPSA) is 29.5 Å². The molecule has 1 heterocycles. The summed E-state index contributed by atoms with van der Waals surface area (Å²) in [5.74, 6) is 0.546. The molecule has 0 aromatic rings. The lowest BCUT2D eigenvalue weighted by molar-refractivity contribution is 0.128. The molecule has 1 aliphatic heterocycles. The van der Waals surface area contributed by atoms with Crippen LogP contribution in [0.25, 0.3) is 0 Å². The number of carbonyl (C=O) groups excluding carboxylic acids is 1. The number of halogens is 1. The lowest BCUT2D eigenvalue weighted by Crippen LogP contribution is -2.32. The van der Waals surface area contributed by atoms with E-state index in [1.54, 1.807) is 4.90 Å². The smallest absolute Gasteiger partial charge is 0.410 e. The first-order valence-corrected chi connectivity index (χ1v) is 4.71. The Balaban J connectivity index is 2.45. The van der Waals surface area contributed by atoms with Gasteiger partial charge in [-0.05, 0) is 20.3 Å². The summed E-state index contributed by atoms with van der Waals surface area (Å²) < 4.78 is 5.08. The van der Waals surface area contributed by atoms with Gasteiger partial charge in [0.2, 0.25) is 0 Å². The molecule has 0 radical (unpaired) electrons. The number of ether oxygens (including phenoxy) is 1. The number of carbonyl (C=O) groups is 1. The SMILES string of the molecule is CC(C)N1CC(CCCl)OC1=O. The van der Waals surface area contributed by atoms with Crippen LogP contribution in [-0.2, 0) is 4.74 Å². The monoisotopic (exact) mass is 191 g/mol. The Bertz CT molecular complexity index is 172. The molecule has 4 heteroatoms. The summed E-state index contributed by atoms with van der Waals surface area (Å²) in [6, 6.07) is 0.220. The Morgan fingerprint density at radius 3 is 2.83 bits per heavy atom. The molecule has 1 amide bonds. The Hall–Kier alpha value is -0.440. The van der Waals surface area contributed by atoms with E-state index in [2.05, 4.69) is 0 Å². The average molecular weight is 192 g/mol. The number of nitrogens with zero attached hydrogens (tertiary/aromatic N) is 1. The van der Waals surface area contributed by atoms with Gasteiger partial charge >= 0.3 is 6.09 Å². The second-order valence-electron chi connectivity index (χ2n) is 3.23. The van der Waals surface area contributed by atoms with Crippen molar-refractivity contribution in [3.63, 3.8) is 0 Å². The predicted molar refractivity (Wildman–Crippen MR) is 47.4 cm³/mol. The second-order valence-corrected chi connectivity index (χ2v) is 3.61. The maximum absolute atomic E-state index is 11.2. The average Bonchev–Trinajstić information content (AvgIpc) is 2.32. The van der Waals surface area contributed by atoms with Crippen LogP contribution in [0.5, 0.6) is 0 Å². The molecule has 0 saturated carbocycles. The summed E-state index contributed by atoms with van der Waals surface area (Å²) in [7, 11) is 0. The maximum Gasteiger partial charge on any atom is 0.410 e. The Morgan fingerprint density at radius 1 is 1.75 bits per heavy atom. The van der Waals surface area contributed by atoms with Crippen molar-refractivity contribution in [1.29, 1.82) is 0 Å². The molecular formula is C8H14ClNO2. The van der Waals surface area contributed by atoms with Crippen molar-refractivity contribution in [3.8, 4) is 0 Å². The minimum atomic E-state index is -0.208. The quantitative estimate of drug-likeness (QED) is 0.638. The molecule has 70 valence electrons. The second kappa shape index (κ2) is 3.99. The summed E-state index contributed by atoms with van der Waals surface area (Å²) in [6.07, 6.45) is 0.536. The van der Waals surface area contributed by atoms with Gasteiger partial charge in [-0.1, -0.05) is 0 Å². The molecule has 0 aliphatic carbocycles. The van der Waals surface area contributed by atoms with Gasteiger partial charge in [-0.2, -0.15) is 0 Å². The first kappa shape index (κ1) is 9.65. The van der Waals surface area contributed by atoms with Gasteiger partial charge < -0.3 is 9.64 Å². The molecule has 1 aliphatic rings. The zero-order chi connectivity index (χ0) is 9.14. The summed E-state index contributed by atoms with van der Waals surface area (Å²) in [4.78, 5) is 12.9. The molecule has 1 saturated heterocycles. The fourth-order valence-corrected chi connectivity index (χ4v) is 1.48. The molecule has 0 bridgehead atoms. The number of hydrogen-bond donors (Lipinski definition) is 0. The normalized spacial score (nSPS) is 23.5. The van der Waals surface area contributed by atoms with Gasteiger partial charge in [0.25, 0.3) is 0 Å². The summed E-state index contributed by atoms with van der Waals surface area (Å²) in [5, 5.41) is 0. The molecule has 3 nitrogen and oxygen atoms in total. The summed E-state index contributed by atoms with van der Waals surface area (Å²) in [5.41, 5.74) is 0. The van der Waals surface area contributed by atoms with Crippen molar-refractivity contribution in [1.82, 2.24) is 4.90 Å². The fourth-order valence-electron chi connectivity index (χ4n) is 1.24. The fraction of sp³-hybridized carbons (Fsp3) is 0.875. The van der Waals surface area contributed by atoms with Crippen molar-refractivity contribution in [2.24, 2.45) is 0 Å². The lowest BCUT2D eigenvalue weighted by Gasteiger charge is -2.16. The maximum atomic E-state index is 11.2. The number of amides is 1. The van der Waals surface area contributed by atoms with Gasteiger partial charge in [0.05, 0.1) is 6.54 Å². The van der Waals surface area contributed by atoms with Crippen LogP contribution in [0.2, 0.25) is 0 Å². The van der Waals surface area contributed by atoms with Gasteiger partial charge in [-0.3, -0.25) is 0 Å². The van der Waals surface area contributed by atoms with E-state index in [1.165, 1.54) is 0 Å². The largest absolute Gasteiger partial charge is 0.444 e. The van der Waals surface area contributed by atoms with Crippen LogP contribution in [0.15, 0.2) is 0 Å². The van der Waals surface area contributed by atoms with E-state index in [1.807, 2.05) is 13.8 Å². The van der Waals surface area contributed by atoms with Crippen molar-refractivity contribution in [3.05, 3.63) is 0 Å². The van der Waals surface area contributed by atoms with Gasteiger partial charge in [-0.15, -0.1) is 11.6 Å². The zero-order valence-electron chi connectivity index (χ0n) is 7.42. The molecule has 0 spiro atoms. The van der Waals surface area contributed by atoms with E-state index in [4.69, 9.17) is 16.3 Å². The predicted octanol–water partition coefficient (Wildman–Crippen LogP) is 1.84. The number of hydrogen-bond acceptors (Lipinski definition) is 2. The standard InChI is InChI=1S/C8H14ClNO2/c1-6(2)10-5-7(3-4-9)12-8(10)11/h6-7H,3-5H2,1-2H3. The molecule has 1 unspecified atom stereocenters. The number of alkyl halides is 1. The third-order valence-corrected chi connectivity index (χ3v) is 2.17. The van der Waals surface area contributed by atoms with Gasteiger partial charge in [0.15, 0.2) is 0 Å². The van der Waals surface area contributed by atoms with Crippen LogP contribution in [0.1, 0.15) is 20.3 Å². The molecular weight excluding hydrogens is 178 g/mol. The van der Waals surface area contributed by atoms with E-state index in [0.717, 1.165) is 6.42 Å². The molecule has 0 N–H and O–H groups in total. The van der Waals surface area contributed by atoms with E-state index >= 15 is 0 Å². The van der Waals surface area contributed by atoms with E-state index < -0.39 is 0 Å². The van der Waals surface area contributed by atoms with Crippen molar-refractivity contribution < 1.29 is 9.53 Å². The minimum Gasteiger partial charge on any atom is -0.444 e.